The highest BCUT2D eigenvalue weighted by molar-refractivity contribution is 5.83. The first-order valence-corrected chi connectivity index (χ1v) is 10.1. The summed E-state index contributed by atoms with van der Waals surface area (Å²) < 4.78 is 2.15. The van der Waals surface area contributed by atoms with Gasteiger partial charge in [0.25, 0.3) is 0 Å². The third kappa shape index (κ3) is 2.94. The van der Waals surface area contributed by atoms with Crippen molar-refractivity contribution in [3.63, 3.8) is 0 Å². The van der Waals surface area contributed by atoms with Gasteiger partial charge < -0.3 is 9.67 Å². The average molecular weight is 396 g/mol. The van der Waals surface area contributed by atoms with Crippen molar-refractivity contribution >= 4 is 21.9 Å². The number of nitrogens with zero attached hydrogens (tertiary/aromatic N) is 4. The third-order valence-corrected chi connectivity index (χ3v) is 5.50. The van der Waals surface area contributed by atoms with Crippen molar-refractivity contribution in [1.82, 2.24) is 19.6 Å². The van der Waals surface area contributed by atoms with Crippen LogP contribution >= 0.6 is 0 Å². The monoisotopic (exact) mass is 396 g/mol. The van der Waals surface area contributed by atoms with Crippen LogP contribution in [0.5, 0.6) is 5.75 Å². The minimum absolute atomic E-state index is 0.180. The summed E-state index contributed by atoms with van der Waals surface area (Å²) in [6.45, 7) is 8.29. The fraction of sp³-hybridized carbons (Fsp3) is 0.200. The number of fused-ring (bicyclic) bond motifs is 2. The molecule has 0 aliphatic rings. The minimum atomic E-state index is -0.180. The Labute approximate surface area is 175 Å². The fourth-order valence-corrected chi connectivity index (χ4v) is 3.95. The molecule has 2 aromatic heterocycles. The van der Waals surface area contributed by atoms with Gasteiger partial charge in [0.1, 0.15) is 22.5 Å². The van der Waals surface area contributed by atoms with Gasteiger partial charge in [0, 0.05) is 17.4 Å². The van der Waals surface area contributed by atoms with Crippen molar-refractivity contribution in [3.8, 4) is 17.1 Å². The molecule has 5 nitrogen and oxygen atoms in total. The Balaban J connectivity index is 1.64. The second-order valence-corrected chi connectivity index (χ2v) is 8.84. The van der Waals surface area contributed by atoms with Crippen molar-refractivity contribution in [3.05, 3.63) is 78.0 Å². The average Bonchev–Trinajstić information content (AvgIpc) is 3.32. The molecule has 0 atom stereocenters. The topological polar surface area (TPSA) is 55.9 Å². The third-order valence-electron chi connectivity index (χ3n) is 5.50. The Morgan fingerprint density at radius 2 is 1.63 bits per heavy atom. The highest BCUT2D eigenvalue weighted by Gasteiger charge is 2.22. The number of aromatic nitrogens is 4. The molecular weight excluding hydrogens is 372 g/mol. The van der Waals surface area contributed by atoms with E-state index >= 15 is 0 Å². The van der Waals surface area contributed by atoms with Gasteiger partial charge in [-0.15, -0.1) is 15.0 Å². The maximum absolute atomic E-state index is 10.9. The molecule has 5 rings (SSSR count). The molecule has 5 heteroatoms. The minimum Gasteiger partial charge on any atom is -0.505 e. The molecule has 2 heterocycles. The van der Waals surface area contributed by atoms with Crippen molar-refractivity contribution in [1.29, 1.82) is 0 Å². The zero-order valence-corrected chi connectivity index (χ0v) is 17.6. The van der Waals surface area contributed by atoms with E-state index in [0.29, 0.717) is 5.69 Å². The lowest BCUT2D eigenvalue weighted by atomic mass is 9.85. The molecule has 0 aliphatic heterocycles. The van der Waals surface area contributed by atoms with Crippen LogP contribution < -0.4 is 0 Å². The number of phenolic OH excluding ortho intramolecular Hbond substituents is 1. The smallest absolute Gasteiger partial charge is 0.146 e. The van der Waals surface area contributed by atoms with Crippen LogP contribution in [-0.4, -0.2) is 24.7 Å². The summed E-state index contributed by atoms with van der Waals surface area (Å²) >= 11 is 0. The molecule has 0 radical (unpaired) electrons. The van der Waals surface area contributed by atoms with Crippen LogP contribution in [0.2, 0.25) is 0 Å². The molecule has 0 unspecified atom stereocenters. The molecule has 0 saturated heterocycles. The van der Waals surface area contributed by atoms with Gasteiger partial charge in [-0.3, -0.25) is 0 Å². The van der Waals surface area contributed by atoms with Gasteiger partial charge in [0.2, 0.25) is 0 Å². The van der Waals surface area contributed by atoms with Crippen molar-refractivity contribution in [2.45, 2.75) is 33.1 Å². The van der Waals surface area contributed by atoms with Crippen LogP contribution in [0.25, 0.3) is 33.3 Å². The van der Waals surface area contributed by atoms with Gasteiger partial charge in [-0.1, -0.05) is 45.0 Å². The van der Waals surface area contributed by atoms with E-state index < -0.39 is 0 Å². The van der Waals surface area contributed by atoms with Crippen LogP contribution in [0, 0.1) is 6.92 Å². The Hall–Kier alpha value is -3.60. The van der Waals surface area contributed by atoms with Crippen molar-refractivity contribution < 1.29 is 5.11 Å². The van der Waals surface area contributed by atoms with Crippen LogP contribution in [-0.2, 0) is 5.41 Å². The normalized spacial score (nSPS) is 12.1. The van der Waals surface area contributed by atoms with E-state index in [4.69, 9.17) is 5.10 Å². The molecule has 0 saturated carbocycles. The molecule has 3 aromatic carbocycles. The van der Waals surface area contributed by atoms with Crippen LogP contribution in [0.1, 0.15) is 31.9 Å². The number of phenols is 1. The van der Waals surface area contributed by atoms with E-state index in [-0.39, 0.29) is 11.2 Å². The Morgan fingerprint density at radius 3 is 2.43 bits per heavy atom. The predicted molar refractivity (Wildman–Crippen MR) is 121 cm³/mol. The maximum Gasteiger partial charge on any atom is 0.146 e. The highest BCUT2D eigenvalue weighted by atomic mass is 16.3. The van der Waals surface area contributed by atoms with Crippen LogP contribution in [0.15, 0.2) is 66.9 Å². The Morgan fingerprint density at radius 1 is 0.867 bits per heavy atom. The molecule has 0 bridgehead atoms. The first-order chi connectivity index (χ1) is 14.3. The number of hydrogen-bond donors (Lipinski definition) is 1. The second-order valence-electron chi connectivity index (χ2n) is 8.84. The number of aryl methyl sites for hydroxylation is 1. The van der Waals surface area contributed by atoms with E-state index in [1.54, 1.807) is 4.80 Å². The molecule has 30 heavy (non-hydrogen) atoms. The number of para-hydroxylation sites is 1. The maximum atomic E-state index is 10.9. The van der Waals surface area contributed by atoms with Crippen LogP contribution in [0.3, 0.4) is 0 Å². The largest absolute Gasteiger partial charge is 0.505 e. The number of hydrogen-bond acceptors (Lipinski definition) is 3. The summed E-state index contributed by atoms with van der Waals surface area (Å²) in [6, 6.07) is 20.4. The summed E-state index contributed by atoms with van der Waals surface area (Å²) in [5, 5.41) is 21.5. The first kappa shape index (κ1) is 18.4. The zero-order valence-electron chi connectivity index (χ0n) is 17.6. The molecule has 0 spiro atoms. The van der Waals surface area contributed by atoms with Gasteiger partial charge in [-0.2, -0.15) is 0 Å². The van der Waals surface area contributed by atoms with Gasteiger partial charge in [-0.05, 0) is 59.7 Å². The lowest BCUT2D eigenvalue weighted by molar-refractivity contribution is 0.440. The van der Waals surface area contributed by atoms with E-state index in [1.165, 1.54) is 5.39 Å². The molecule has 0 amide bonds. The first-order valence-electron chi connectivity index (χ1n) is 10.1. The van der Waals surface area contributed by atoms with E-state index in [0.717, 1.165) is 33.4 Å². The predicted octanol–water partition coefficient (Wildman–Crippen LogP) is 5.68. The van der Waals surface area contributed by atoms with Crippen LogP contribution in [0.4, 0.5) is 0 Å². The molecule has 150 valence electrons. The summed E-state index contributed by atoms with van der Waals surface area (Å²) in [5.41, 5.74) is 6.11. The summed E-state index contributed by atoms with van der Waals surface area (Å²) in [4.78, 5) is 1.54. The SMILES string of the molecule is Cc1cc(-n2nc3ccc(-n4ccc5ccccc54)cc3n2)c(O)c(C(C)(C)C)c1. The van der Waals surface area contributed by atoms with E-state index in [9.17, 15) is 5.11 Å². The Kier molecular flexibility index (Phi) is 3.97. The number of benzene rings is 3. The molecule has 0 fully saturated rings. The second kappa shape index (κ2) is 6.46. The molecule has 0 aliphatic carbocycles. The van der Waals surface area contributed by atoms with Crippen molar-refractivity contribution in [2.24, 2.45) is 0 Å². The Bertz CT molecular complexity index is 1400. The van der Waals surface area contributed by atoms with E-state index in [2.05, 4.69) is 54.8 Å². The molecular formula is C25H24N4O. The fourth-order valence-electron chi connectivity index (χ4n) is 3.95. The van der Waals surface area contributed by atoms with Gasteiger partial charge >= 0.3 is 0 Å². The van der Waals surface area contributed by atoms with Gasteiger partial charge in [0.05, 0.1) is 5.52 Å². The zero-order chi connectivity index (χ0) is 21.0. The summed E-state index contributed by atoms with van der Waals surface area (Å²) in [6.07, 6.45) is 2.07. The van der Waals surface area contributed by atoms with Gasteiger partial charge in [0.15, 0.2) is 0 Å². The van der Waals surface area contributed by atoms with E-state index in [1.807, 2.05) is 49.4 Å². The summed E-state index contributed by atoms with van der Waals surface area (Å²) in [7, 11) is 0. The molecule has 1 N–H and O–H groups in total. The van der Waals surface area contributed by atoms with Crippen molar-refractivity contribution in [2.75, 3.05) is 0 Å². The highest BCUT2D eigenvalue weighted by Crippen LogP contribution is 2.36. The number of aromatic hydroxyl groups is 1. The molecule has 5 aromatic rings. The summed E-state index contributed by atoms with van der Waals surface area (Å²) in [5.74, 6) is 0.227. The number of rotatable bonds is 2. The quantitative estimate of drug-likeness (QED) is 0.418. The van der Waals surface area contributed by atoms with Gasteiger partial charge in [-0.25, -0.2) is 0 Å². The lowest BCUT2D eigenvalue weighted by Gasteiger charge is -2.22. The standard InChI is InChI=1S/C25H24N4O/c1-16-13-19(25(2,3)4)24(30)23(14-16)29-26-20-10-9-18(15-21(20)27-29)28-12-11-17-7-5-6-8-22(17)28/h5-15,30H,1-4H3. The lowest BCUT2D eigenvalue weighted by Crippen LogP contribution is -2.13.